The molecule has 3 saturated carbocycles. The molecule has 3 saturated heterocycles. The van der Waals surface area contributed by atoms with Gasteiger partial charge in [0.25, 0.3) is 0 Å². The predicted octanol–water partition coefficient (Wildman–Crippen LogP) is 5.80. The number of amides is 6. The van der Waals surface area contributed by atoms with Crippen molar-refractivity contribution in [1.82, 2.24) is 0 Å². The molecular formula is C46H37N3O6. The summed E-state index contributed by atoms with van der Waals surface area (Å²) in [4.78, 5) is 85.6. The summed E-state index contributed by atoms with van der Waals surface area (Å²) in [5.74, 6) is -2.02. The van der Waals surface area contributed by atoms with E-state index in [1.165, 1.54) is 14.7 Å². The van der Waals surface area contributed by atoms with E-state index in [-0.39, 0.29) is 112 Å². The van der Waals surface area contributed by atoms with Crippen molar-refractivity contribution in [1.29, 1.82) is 0 Å². The Kier molecular flexibility index (Phi) is 6.30. The number of allylic oxidation sites excluding steroid dienone is 6. The maximum Gasteiger partial charge on any atom is 0.238 e. The summed E-state index contributed by atoms with van der Waals surface area (Å²) in [6.07, 6.45) is 15.2. The molecule has 9 heteroatoms. The fourth-order valence-electron chi connectivity index (χ4n) is 12.5. The average Bonchev–Trinajstić information content (AvgIpc) is 4.07. The van der Waals surface area contributed by atoms with Crippen LogP contribution in [0.3, 0.4) is 0 Å². The van der Waals surface area contributed by atoms with Gasteiger partial charge in [-0.1, -0.05) is 72.9 Å². The van der Waals surface area contributed by atoms with E-state index in [0.717, 1.165) is 36.0 Å². The average molecular weight is 728 g/mol. The number of benzene rings is 3. The third-order valence-electron chi connectivity index (χ3n) is 14.9. The smallest absolute Gasteiger partial charge is 0.238 e. The first-order valence-corrected chi connectivity index (χ1v) is 19.7. The van der Waals surface area contributed by atoms with E-state index < -0.39 is 0 Å². The van der Waals surface area contributed by atoms with Crippen LogP contribution in [0.1, 0.15) is 41.9 Å². The van der Waals surface area contributed by atoms with Gasteiger partial charge in [-0.15, -0.1) is 0 Å². The number of nitrogens with zero attached hydrogens (tertiary/aromatic N) is 3. The van der Waals surface area contributed by atoms with Gasteiger partial charge < -0.3 is 0 Å². The first kappa shape index (κ1) is 31.6. The molecule has 3 aromatic carbocycles. The molecule has 3 heterocycles. The first-order valence-electron chi connectivity index (χ1n) is 19.7. The zero-order valence-electron chi connectivity index (χ0n) is 29.8. The van der Waals surface area contributed by atoms with Crippen molar-refractivity contribution in [3.05, 3.63) is 126 Å². The predicted molar refractivity (Wildman–Crippen MR) is 201 cm³/mol. The van der Waals surface area contributed by atoms with E-state index in [2.05, 4.69) is 36.5 Å². The fourth-order valence-corrected chi connectivity index (χ4v) is 12.5. The summed E-state index contributed by atoms with van der Waals surface area (Å²) in [6.45, 7) is 0. The Morgan fingerprint density at radius 2 is 0.527 bits per heavy atom. The molecule has 3 aliphatic heterocycles. The Bertz CT molecular complexity index is 2020. The third kappa shape index (κ3) is 4.08. The molecule has 0 radical (unpaired) electrons. The van der Waals surface area contributed by atoms with E-state index in [1.54, 1.807) is 0 Å². The Morgan fingerprint density at radius 1 is 0.327 bits per heavy atom. The Morgan fingerprint density at radius 3 is 0.727 bits per heavy atom. The molecule has 0 aromatic heterocycles. The fraction of sp³-hybridized carbons (Fsp3) is 0.348. The van der Waals surface area contributed by atoms with Crippen molar-refractivity contribution >= 4 is 52.5 Å². The van der Waals surface area contributed by atoms with E-state index in [9.17, 15) is 28.8 Å². The van der Waals surface area contributed by atoms with Gasteiger partial charge in [-0.05, 0) is 108 Å². The van der Waals surface area contributed by atoms with Gasteiger partial charge in [0.15, 0.2) is 0 Å². The zero-order valence-corrected chi connectivity index (χ0v) is 29.8. The van der Waals surface area contributed by atoms with Crippen molar-refractivity contribution in [2.45, 2.75) is 25.2 Å². The molecule has 6 amide bonds. The van der Waals surface area contributed by atoms with Crippen molar-refractivity contribution < 1.29 is 28.8 Å². The van der Waals surface area contributed by atoms with Crippen molar-refractivity contribution in [2.24, 2.45) is 71.0 Å². The van der Waals surface area contributed by atoms with Gasteiger partial charge in [0.05, 0.1) is 52.6 Å². The number of fused-ring (bicyclic) bond motifs is 15. The molecule has 9 aliphatic rings. The molecule has 272 valence electrons. The van der Waals surface area contributed by atoms with Crippen LogP contribution in [0, 0.1) is 71.0 Å². The molecule has 55 heavy (non-hydrogen) atoms. The van der Waals surface area contributed by atoms with Crippen molar-refractivity contribution in [3.8, 4) is 0 Å². The number of imide groups is 3. The van der Waals surface area contributed by atoms with Crippen molar-refractivity contribution in [3.63, 3.8) is 0 Å². The summed E-state index contributed by atoms with van der Waals surface area (Å²) >= 11 is 0. The van der Waals surface area contributed by atoms with Gasteiger partial charge >= 0.3 is 0 Å². The summed E-state index contributed by atoms with van der Waals surface area (Å²) in [6, 6.07) is 22.7. The monoisotopic (exact) mass is 727 g/mol. The maximum absolute atomic E-state index is 13.6. The third-order valence-corrected chi connectivity index (χ3v) is 14.9. The lowest BCUT2D eigenvalue weighted by molar-refractivity contribution is -0.124. The van der Waals surface area contributed by atoms with E-state index in [4.69, 9.17) is 0 Å². The lowest BCUT2D eigenvalue weighted by Gasteiger charge is -2.23. The molecular weight excluding hydrogens is 691 g/mol. The number of carbonyl (C=O) groups excluding carboxylic acids is 6. The molecule has 12 atom stereocenters. The quantitative estimate of drug-likeness (QED) is 0.180. The molecule has 0 N–H and O–H groups in total. The first-order chi connectivity index (χ1) is 26.8. The highest BCUT2D eigenvalue weighted by Gasteiger charge is 2.62. The molecule has 6 aliphatic carbocycles. The number of hydrogen-bond acceptors (Lipinski definition) is 6. The van der Waals surface area contributed by atoms with Crippen LogP contribution in [0.4, 0.5) is 17.1 Å². The maximum atomic E-state index is 13.6. The largest absolute Gasteiger partial charge is 0.274 e. The van der Waals surface area contributed by atoms with Crippen LogP contribution in [0.2, 0.25) is 0 Å². The number of anilines is 3. The summed E-state index contributed by atoms with van der Waals surface area (Å²) in [7, 11) is 0. The van der Waals surface area contributed by atoms with Gasteiger partial charge in [-0.3, -0.25) is 43.5 Å². The van der Waals surface area contributed by atoms with Crippen LogP contribution >= 0.6 is 0 Å². The van der Waals surface area contributed by atoms with Crippen LogP contribution in [-0.4, -0.2) is 35.4 Å². The normalized spacial score (nSPS) is 37.4. The topological polar surface area (TPSA) is 112 Å². The molecule has 3 aromatic rings. The highest BCUT2D eigenvalue weighted by molar-refractivity contribution is 6.24. The molecule has 0 spiro atoms. The zero-order chi connectivity index (χ0) is 37.0. The second kappa shape index (κ2) is 11.0. The van der Waals surface area contributed by atoms with E-state index in [0.29, 0.717) is 17.1 Å². The lowest BCUT2D eigenvalue weighted by atomic mass is 9.85. The molecule has 12 unspecified atom stereocenters. The van der Waals surface area contributed by atoms with E-state index in [1.807, 2.05) is 72.8 Å². The molecule has 6 bridgehead atoms. The molecule has 9 nitrogen and oxygen atoms in total. The Balaban J connectivity index is 0.876. The minimum atomic E-state index is -0.324. The van der Waals surface area contributed by atoms with E-state index >= 15 is 0 Å². The second-order valence-electron chi connectivity index (χ2n) is 17.2. The standard InChI is InChI=1S/C46H37N3O6/c50-41-35-25-1-2-26(19-25)36(35)42(51)47(41)31-13-7-22(8-14-31)34(23-9-15-32(16-10-23)48-43(52)37-27-3-4-28(20-27)38(37)44(48)53)24-11-17-33(18-12-24)49-45(54)39-29-5-6-30(21-29)40(39)46(49)55/h1-18,25-30,34-40H,19-21H2. The van der Waals surface area contributed by atoms with Crippen LogP contribution in [0.15, 0.2) is 109 Å². The second-order valence-corrected chi connectivity index (χ2v) is 17.2. The van der Waals surface area contributed by atoms with Crippen LogP contribution in [0.25, 0.3) is 0 Å². The van der Waals surface area contributed by atoms with Gasteiger partial charge in [0.1, 0.15) is 0 Å². The minimum absolute atomic E-state index is 0.125. The highest BCUT2D eigenvalue weighted by atomic mass is 16.2. The number of carbonyl (C=O) groups is 6. The van der Waals surface area contributed by atoms with Gasteiger partial charge in [-0.25, -0.2) is 0 Å². The van der Waals surface area contributed by atoms with Crippen molar-refractivity contribution in [2.75, 3.05) is 14.7 Å². The summed E-state index contributed by atoms with van der Waals surface area (Å²) < 4.78 is 0. The van der Waals surface area contributed by atoms with Crippen LogP contribution < -0.4 is 14.7 Å². The molecule has 6 fully saturated rings. The van der Waals surface area contributed by atoms with Gasteiger partial charge in [-0.2, -0.15) is 0 Å². The van der Waals surface area contributed by atoms with Gasteiger partial charge in [0.2, 0.25) is 35.4 Å². The number of hydrogen-bond donors (Lipinski definition) is 0. The summed E-state index contributed by atoms with van der Waals surface area (Å²) in [5, 5.41) is 0. The SMILES string of the molecule is O=C1C2C3C=CC(C3)C2C(=O)N1c1ccc(C(c2ccc(N3C(=O)C4C5C=CC(C5)C4C3=O)cc2)c2ccc(N3C(=O)C4C5C=CC(C5)C4C3=O)cc2)cc1. The molecule has 12 rings (SSSR count). The Labute approximate surface area is 317 Å². The van der Waals surface area contributed by atoms with Crippen LogP contribution in [-0.2, 0) is 28.8 Å². The highest BCUT2D eigenvalue weighted by Crippen LogP contribution is 2.56. The lowest BCUT2D eigenvalue weighted by Crippen LogP contribution is -2.33. The summed E-state index contributed by atoms with van der Waals surface area (Å²) in [5.41, 5.74) is 4.37. The van der Waals surface area contributed by atoms with Gasteiger partial charge in [0, 0.05) is 5.92 Å². The minimum Gasteiger partial charge on any atom is -0.274 e. The van der Waals surface area contributed by atoms with Crippen LogP contribution in [0.5, 0.6) is 0 Å². The Hall–Kier alpha value is -5.70. The number of rotatable bonds is 6.